The summed E-state index contributed by atoms with van der Waals surface area (Å²) in [6.07, 6.45) is 0. The minimum atomic E-state index is 1.10. The molecule has 9 aromatic carbocycles. The lowest BCUT2D eigenvalue weighted by atomic mass is 10.0. The topological polar surface area (TPSA) is 8.17 Å². The largest absolute Gasteiger partial charge is 0.310 e. The van der Waals surface area contributed by atoms with Crippen LogP contribution in [0.2, 0.25) is 0 Å². The molecule has 258 valence electrons. The lowest BCUT2D eigenvalue weighted by Crippen LogP contribution is -2.10. The van der Waals surface area contributed by atoms with E-state index in [0.29, 0.717) is 0 Å². The number of anilines is 3. The zero-order valence-corrected chi connectivity index (χ0v) is 30.7. The smallest absolute Gasteiger partial charge is 0.0619 e. The van der Waals surface area contributed by atoms with Crippen LogP contribution in [0.3, 0.4) is 0 Å². The summed E-state index contributed by atoms with van der Waals surface area (Å²) in [6, 6.07) is 75.1. The second kappa shape index (κ2) is 12.9. The molecule has 0 saturated carbocycles. The van der Waals surface area contributed by atoms with Crippen molar-refractivity contribution in [2.24, 2.45) is 0 Å². The number of fused-ring (bicyclic) bond motifs is 8. The second-order valence-electron chi connectivity index (χ2n) is 14.1. The fourth-order valence-corrected chi connectivity index (χ4v) is 9.66. The third-order valence-corrected chi connectivity index (χ3v) is 12.2. The van der Waals surface area contributed by atoms with Gasteiger partial charge in [0.05, 0.1) is 11.0 Å². The van der Waals surface area contributed by atoms with E-state index in [1.807, 2.05) is 11.3 Å². The quantitative estimate of drug-likeness (QED) is 0.166. The summed E-state index contributed by atoms with van der Waals surface area (Å²) < 4.78 is 5.07. The maximum Gasteiger partial charge on any atom is 0.0619 e. The average Bonchev–Trinajstić information content (AvgIpc) is 3.81. The van der Waals surface area contributed by atoms with Crippen LogP contribution in [0.4, 0.5) is 17.1 Å². The highest BCUT2D eigenvalue weighted by atomic mass is 32.1. The molecule has 0 bridgehead atoms. The van der Waals surface area contributed by atoms with Crippen LogP contribution in [-0.2, 0) is 0 Å². The molecule has 0 atom stereocenters. The van der Waals surface area contributed by atoms with Gasteiger partial charge in [0.25, 0.3) is 0 Å². The van der Waals surface area contributed by atoms with Gasteiger partial charge in [-0.25, -0.2) is 0 Å². The highest BCUT2D eigenvalue weighted by Crippen LogP contribution is 2.43. The first-order valence-electron chi connectivity index (χ1n) is 18.8. The minimum Gasteiger partial charge on any atom is -0.310 e. The Hall–Kier alpha value is -6.94. The van der Waals surface area contributed by atoms with Crippen molar-refractivity contribution < 1.29 is 0 Å². The predicted octanol–water partition coefficient (Wildman–Crippen LogP) is 15.1. The molecular weight excluding hydrogens is 685 g/mol. The van der Waals surface area contributed by atoms with Crippen molar-refractivity contribution in [3.05, 3.63) is 206 Å². The van der Waals surface area contributed by atoms with Crippen molar-refractivity contribution in [1.29, 1.82) is 0 Å². The number of hydrogen-bond acceptors (Lipinski definition) is 2. The molecule has 0 aliphatic heterocycles. The molecule has 11 aromatic rings. The molecule has 0 N–H and O–H groups in total. The number of para-hydroxylation sites is 1. The fourth-order valence-electron chi connectivity index (χ4n) is 8.42. The zero-order valence-electron chi connectivity index (χ0n) is 29.9. The first kappa shape index (κ1) is 31.6. The third kappa shape index (κ3) is 5.24. The molecule has 2 nitrogen and oxygen atoms in total. The molecule has 0 fully saturated rings. The molecule has 2 aromatic heterocycles. The average molecular weight is 719 g/mol. The number of hydrogen-bond donors (Lipinski definition) is 0. The van der Waals surface area contributed by atoms with Gasteiger partial charge < -0.3 is 9.47 Å². The minimum absolute atomic E-state index is 1.10. The summed E-state index contributed by atoms with van der Waals surface area (Å²) in [5.74, 6) is 0. The van der Waals surface area contributed by atoms with Gasteiger partial charge in [0.2, 0.25) is 0 Å². The van der Waals surface area contributed by atoms with Gasteiger partial charge in [-0.3, -0.25) is 0 Å². The Kier molecular flexibility index (Phi) is 7.39. The number of nitrogens with zero attached hydrogens (tertiary/aromatic N) is 2. The van der Waals surface area contributed by atoms with Gasteiger partial charge in [0, 0.05) is 59.1 Å². The summed E-state index contributed by atoms with van der Waals surface area (Å²) in [5.41, 5.74) is 11.8. The van der Waals surface area contributed by atoms with E-state index in [1.165, 1.54) is 75.0 Å². The first-order chi connectivity index (χ1) is 27.3. The Morgan fingerprint density at radius 3 is 1.85 bits per heavy atom. The van der Waals surface area contributed by atoms with E-state index in [-0.39, 0.29) is 0 Å². The van der Waals surface area contributed by atoms with E-state index in [1.54, 1.807) is 0 Å². The molecule has 0 aliphatic rings. The van der Waals surface area contributed by atoms with Crippen LogP contribution in [0.1, 0.15) is 0 Å². The van der Waals surface area contributed by atoms with Crippen LogP contribution in [0.25, 0.3) is 80.7 Å². The van der Waals surface area contributed by atoms with Gasteiger partial charge in [0.15, 0.2) is 0 Å². The van der Waals surface area contributed by atoms with E-state index in [9.17, 15) is 0 Å². The van der Waals surface area contributed by atoms with Gasteiger partial charge in [-0.05, 0) is 88.3 Å². The van der Waals surface area contributed by atoms with Crippen LogP contribution >= 0.6 is 11.3 Å². The molecule has 0 amide bonds. The van der Waals surface area contributed by atoms with Crippen LogP contribution in [0.5, 0.6) is 0 Å². The van der Waals surface area contributed by atoms with E-state index in [4.69, 9.17) is 0 Å². The van der Waals surface area contributed by atoms with Crippen molar-refractivity contribution >= 4 is 81.1 Å². The molecule has 55 heavy (non-hydrogen) atoms. The van der Waals surface area contributed by atoms with Gasteiger partial charge in [-0.15, -0.1) is 11.3 Å². The normalized spacial score (nSPS) is 11.6. The second-order valence-corrected chi connectivity index (χ2v) is 15.2. The van der Waals surface area contributed by atoms with Crippen molar-refractivity contribution in [1.82, 2.24) is 4.57 Å². The van der Waals surface area contributed by atoms with Gasteiger partial charge >= 0.3 is 0 Å². The Balaban J connectivity index is 1.07. The lowest BCUT2D eigenvalue weighted by Gasteiger charge is -2.26. The lowest BCUT2D eigenvalue weighted by molar-refractivity contribution is 1.18. The highest BCUT2D eigenvalue weighted by molar-refractivity contribution is 7.26. The molecule has 0 saturated heterocycles. The SMILES string of the molecule is c1ccc(-c2ccc(N(c3ccc(-n4c5ccccc5c5ccc6ccccc6c54)cc3)c3cccc(-c4cccc5c4sc4ccccc45)c3)cc2)cc1. The Morgan fingerprint density at radius 1 is 0.382 bits per heavy atom. The van der Waals surface area contributed by atoms with Crippen LogP contribution in [0, 0.1) is 0 Å². The summed E-state index contributed by atoms with van der Waals surface area (Å²) >= 11 is 1.88. The van der Waals surface area contributed by atoms with Crippen molar-refractivity contribution in [3.8, 4) is 27.9 Å². The maximum atomic E-state index is 2.43. The van der Waals surface area contributed by atoms with Crippen LogP contribution < -0.4 is 4.90 Å². The summed E-state index contributed by atoms with van der Waals surface area (Å²) in [5, 5.41) is 7.65. The van der Waals surface area contributed by atoms with Crippen molar-refractivity contribution in [2.75, 3.05) is 4.90 Å². The maximum absolute atomic E-state index is 2.43. The summed E-state index contributed by atoms with van der Waals surface area (Å²) in [4.78, 5) is 2.38. The fraction of sp³-hybridized carbons (Fsp3) is 0. The molecule has 0 radical (unpaired) electrons. The highest BCUT2D eigenvalue weighted by Gasteiger charge is 2.18. The van der Waals surface area contributed by atoms with E-state index >= 15 is 0 Å². The van der Waals surface area contributed by atoms with E-state index in [2.05, 4.69) is 216 Å². The Morgan fingerprint density at radius 2 is 1.02 bits per heavy atom. The molecule has 0 unspecified atom stereocenters. The third-order valence-electron chi connectivity index (χ3n) is 11.0. The molecule has 0 spiro atoms. The van der Waals surface area contributed by atoms with Crippen molar-refractivity contribution in [2.45, 2.75) is 0 Å². The molecule has 2 heterocycles. The van der Waals surface area contributed by atoms with Crippen molar-refractivity contribution in [3.63, 3.8) is 0 Å². The molecular formula is C52H34N2S. The zero-order chi connectivity index (χ0) is 36.3. The molecule has 0 aliphatic carbocycles. The van der Waals surface area contributed by atoms with Crippen LogP contribution in [-0.4, -0.2) is 4.57 Å². The first-order valence-corrected chi connectivity index (χ1v) is 19.6. The number of rotatable bonds is 6. The summed E-state index contributed by atoms with van der Waals surface area (Å²) in [7, 11) is 0. The van der Waals surface area contributed by atoms with Gasteiger partial charge in [0.1, 0.15) is 0 Å². The van der Waals surface area contributed by atoms with Gasteiger partial charge in [-0.1, -0.05) is 146 Å². The number of benzene rings is 9. The van der Waals surface area contributed by atoms with E-state index < -0.39 is 0 Å². The van der Waals surface area contributed by atoms with Crippen LogP contribution in [0.15, 0.2) is 206 Å². The molecule has 3 heteroatoms. The van der Waals surface area contributed by atoms with Gasteiger partial charge in [-0.2, -0.15) is 0 Å². The summed E-state index contributed by atoms with van der Waals surface area (Å²) in [6.45, 7) is 0. The molecule has 11 rings (SSSR count). The van der Waals surface area contributed by atoms with E-state index in [0.717, 1.165) is 22.7 Å². The Labute approximate surface area is 323 Å². The number of aromatic nitrogens is 1. The monoisotopic (exact) mass is 718 g/mol. The predicted molar refractivity (Wildman–Crippen MR) is 237 cm³/mol. The Bertz CT molecular complexity index is 3190. The number of thiophene rings is 1. The standard InChI is InChI=1S/C52H34N2S/c1-2-12-35(13-3-1)36-24-27-39(28-25-36)53(42-16-10-15-38(34-42)44-20-11-21-48-46-19-7-9-23-50(46)55-52(44)48)40-29-31-41(32-30-40)54-49-22-8-6-18-45(49)47-33-26-37-14-4-5-17-43(37)51(47)54/h1-34H.